The second kappa shape index (κ2) is 6.50. The lowest BCUT2D eigenvalue weighted by Crippen LogP contribution is -2.49. The maximum atomic E-state index is 12.0. The van der Waals surface area contributed by atoms with E-state index < -0.39 is 0 Å². The number of carbonyl (C=O) groups is 1. The van der Waals surface area contributed by atoms with Crippen LogP contribution in [0.2, 0.25) is 0 Å². The lowest BCUT2D eigenvalue weighted by molar-refractivity contribution is -0.143. The van der Waals surface area contributed by atoms with E-state index in [1.165, 1.54) is 0 Å². The highest BCUT2D eigenvalue weighted by molar-refractivity contribution is 7.13. The average Bonchev–Trinajstić information content (AvgIpc) is 3.02. The van der Waals surface area contributed by atoms with Crippen LogP contribution in [0.5, 0.6) is 0 Å². The summed E-state index contributed by atoms with van der Waals surface area (Å²) in [4.78, 5) is 14.3. The van der Waals surface area contributed by atoms with Crippen molar-refractivity contribution in [1.29, 1.82) is 0 Å². The van der Waals surface area contributed by atoms with Gasteiger partial charge in [-0.3, -0.25) is 4.79 Å². The van der Waals surface area contributed by atoms with Crippen LogP contribution in [0.25, 0.3) is 0 Å². The molecule has 1 aromatic rings. The summed E-state index contributed by atoms with van der Waals surface area (Å²) in [6.45, 7) is 6.66. The van der Waals surface area contributed by atoms with Gasteiger partial charge in [0.2, 0.25) is 11.0 Å². The first-order valence-corrected chi connectivity index (χ1v) is 8.89. The van der Waals surface area contributed by atoms with Crippen LogP contribution in [0.4, 0.5) is 5.13 Å². The first kappa shape index (κ1) is 15.7. The summed E-state index contributed by atoms with van der Waals surface area (Å²) in [7, 11) is 0. The normalized spacial score (nSPS) is 24.7. The van der Waals surface area contributed by atoms with Crippen molar-refractivity contribution in [2.75, 3.05) is 24.6 Å². The summed E-state index contributed by atoms with van der Waals surface area (Å²) < 4.78 is 5.90. The summed E-state index contributed by atoms with van der Waals surface area (Å²) in [6.07, 6.45) is 3.84. The molecule has 6 nitrogen and oxygen atoms in total. The molecule has 0 radical (unpaired) electrons. The topological polar surface area (TPSA) is 67.4 Å². The first-order valence-electron chi connectivity index (χ1n) is 8.01. The molecule has 1 unspecified atom stereocenters. The lowest BCUT2D eigenvalue weighted by atomic mass is 9.73. The zero-order valence-corrected chi connectivity index (χ0v) is 14.1. The largest absolute Gasteiger partial charge is 0.368 e. The van der Waals surface area contributed by atoms with Crippen LogP contribution >= 0.6 is 11.3 Å². The summed E-state index contributed by atoms with van der Waals surface area (Å²) in [5.74, 6) is 0.0381. The number of nitrogens with zero attached hydrogens (tertiary/aromatic N) is 3. The van der Waals surface area contributed by atoms with E-state index >= 15 is 0 Å². The molecule has 0 saturated carbocycles. The van der Waals surface area contributed by atoms with Crippen molar-refractivity contribution >= 4 is 22.4 Å². The molecule has 3 heterocycles. The summed E-state index contributed by atoms with van der Waals surface area (Å²) >= 11 is 1.59. The van der Waals surface area contributed by atoms with E-state index in [4.69, 9.17) is 4.74 Å². The highest BCUT2D eigenvalue weighted by atomic mass is 32.1. The molecule has 0 bridgehead atoms. The molecule has 7 heteroatoms. The van der Waals surface area contributed by atoms with Crippen LogP contribution in [0.3, 0.4) is 0 Å². The Kier molecular flexibility index (Phi) is 4.63. The number of piperidine rings is 1. The molecule has 1 aromatic heterocycles. The smallest absolute Gasteiger partial charge is 0.249 e. The van der Waals surface area contributed by atoms with Crippen LogP contribution in [0.1, 0.15) is 39.5 Å². The van der Waals surface area contributed by atoms with E-state index in [0.29, 0.717) is 6.61 Å². The van der Waals surface area contributed by atoms with Gasteiger partial charge < -0.3 is 15.0 Å². The van der Waals surface area contributed by atoms with Crippen molar-refractivity contribution in [1.82, 2.24) is 15.5 Å². The van der Waals surface area contributed by atoms with Crippen molar-refractivity contribution in [2.45, 2.75) is 51.7 Å². The number of amides is 1. The van der Waals surface area contributed by atoms with Gasteiger partial charge in [-0.25, -0.2) is 0 Å². The van der Waals surface area contributed by atoms with Gasteiger partial charge in [0.15, 0.2) is 0 Å². The molecule has 1 N–H and O–H groups in total. The van der Waals surface area contributed by atoms with Crippen molar-refractivity contribution in [3.05, 3.63) is 5.51 Å². The Morgan fingerprint density at radius 1 is 1.45 bits per heavy atom. The van der Waals surface area contributed by atoms with E-state index in [1.807, 2.05) is 13.8 Å². The highest BCUT2D eigenvalue weighted by Crippen LogP contribution is 2.41. The monoisotopic (exact) mass is 324 g/mol. The Hall–Kier alpha value is -1.21. The Balaban J connectivity index is 1.50. The number of carbonyl (C=O) groups excluding carboxylic acids is 1. The fourth-order valence-corrected chi connectivity index (χ4v) is 3.94. The minimum Gasteiger partial charge on any atom is -0.368 e. The Morgan fingerprint density at radius 3 is 2.77 bits per heavy atom. The Labute approximate surface area is 135 Å². The molecule has 2 fully saturated rings. The molecular formula is C15H24N4O2S. The fraction of sp³-hybridized carbons (Fsp3) is 0.800. The van der Waals surface area contributed by atoms with Gasteiger partial charge in [0.25, 0.3) is 0 Å². The molecule has 0 aromatic carbocycles. The average molecular weight is 324 g/mol. The molecule has 0 aliphatic carbocycles. The number of hydrogen-bond acceptors (Lipinski definition) is 6. The summed E-state index contributed by atoms with van der Waals surface area (Å²) in [5, 5.41) is 12.0. The summed E-state index contributed by atoms with van der Waals surface area (Å²) in [6, 6.07) is 0.169. The predicted octanol–water partition coefficient (Wildman–Crippen LogP) is 1.83. The van der Waals surface area contributed by atoms with E-state index in [0.717, 1.165) is 43.9 Å². The van der Waals surface area contributed by atoms with Crippen molar-refractivity contribution in [2.24, 2.45) is 5.41 Å². The van der Waals surface area contributed by atoms with Gasteiger partial charge in [-0.2, -0.15) is 0 Å². The second-order valence-electron chi connectivity index (χ2n) is 6.71. The zero-order chi connectivity index (χ0) is 15.6. The number of rotatable bonds is 3. The molecular weight excluding hydrogens is 300 g/mol. The number of nitrogens with one attached hydrogen (secondary N) is 1. The first-order chi connectivity index (χ1) is 10.6. The second-order valence-corrected chi connectivity index (χ2v) is 7.52. The quantitative estimate of drug-likeness (QED) is 0.919. The molecule has 1 amide bonds. The van der Waals surface area contributed by atoms with Crippen LogP contribution in [-0.4, -0.2) is 47.9 Å². The highest BCUT2D eigenvalue weighted by Gasteiger charge is 2.40. The summed E-state index contributed by atoms with van der Waals surface area (Å²) in [5.41, 5.74) is 2.02. The molecule has 22 heavy (non-hydrogen) atoms. The van der Waals surface area contributed by atoms with Gasteiger partial charge >= 0.3 is 0 Å². The molecule has 1 spiro atoms. The third-order valence-corrected chi connectivity index (χ3v) is 5.44. The lowest BCUT2D eigenvalue weighted by Gasteiger charge is -2.45. The predicted molar refractivity (Wildman–Crippen MR) is 86.0 cm³/mol. The van der Waals surface area contributed by atoms with Crippen molar-refractivity contribution in [3.8, 4) is 0 Å². The van der Waals surface area contributed by atoms with Gasteiger partial charge in [0, 0.05) is 19.1 Å². The number of hydrogen-bond donors (Lipinski definition) is 1. The zero-order valence-electron chi connectivity index (χ0n) is 13.2. The van der Waals surface area contributed by atoms with Gasteiger partial charge in [-0.05, 0) is 44.9 Å². The fourth-order valence-electron chi connectivity index (χ4n) is 3.33. The van der Waals surface area contributed by atoms with E-state index in [1.54, 1.807) is 16.8 Å². The van der Waals surface area contributed by atoms with Gasteiger partial charge in [0.1, 0.15) is 11.6 Å². The van der Waals surface area contributed by atoms with Crippen molar-refractivity contribution < 1.29 is 9.53 Å². The van der Waals surface area contributed by atoms with E-state index in [9.17, 15) is 4.79 Å². The van der Waals surface area contributed by atoms with E-state index in [2.05, 4.69) is 20.4 Å². The van der Waals surface area contributed by atoms with Gasteiger partial charge in [-0.15, -0.1) is 10.2 Å². The van der Waals surface area contributed by atoms with E-state index in [-0.39, 0.29) is 23.5 Å². The maximum Gasteiger partial charge on any atom is 0.249 e. The molecule has 2 saturated heterocycles. The molecule has 1 atom stereocenters. The molecule has 122 valence electrons. The van der Waals surface area contributed by atoms with Crippen LogP contribution in [-0.2, 0) is 9.53 Å². The van der Waals surface area contributed by atoms with Gasteiger partial charge in [0.05, 0.1) is 6.61 Å². The van der Waals surface area contributed by atoms with Gasteiger partial charge in [-0.1, -0.05) is 11.3 Å². The third-order valence-electron chi connectivity index (χ3n) is 4.69. The van der Waals surface area contributed by atoms with Crippen LogP contribution < -0.4 is 10.2 Å². The maximum absolute atomic E-state index is 12.0. The Morgan fingerprint density at radius 2 is 2.23 bits per heavy atom. The Bertz CT molecular complexity index is 488. The molecule has 3 rings (SSSR count). The third kappa shape index (κ3) is 3.41. The SMILES string of the molecule is CC(C)NC(=O)C1CCC2(CCN(c3nncs3)CC2)CO1. The standard InChI is InChI=1S/C15H24N4O2S/c1-11(2)17-13(20)12-3-4-15(9-21-12)5-7-19(8-6-15)14-18-16-10-22-14/h10-12H,3-9H2,1-2H3,(H,17,20). The minimum atomic E-state index is -0.269. The van der Waals surface area contributed by atoms with Crippen LogP contribution in [0, 0.1) is 5.41 Å². The minimum absolute atomic E-state index is 0.0381. The number of ether oxygens (including phenoxy) is 1. The molecule has 2 aliphatic rings. The number of anilines is 1. The number of aromatic nitrogens is 2. The molecule has 2 aliphatic heterocycles. The van der Waals surface area contributed by atoms with Crippen molar-refractivity contribution in [3.63, 3.8) is 0 Å². The van der Waals surface area contributed by atoms with Crippen LogP contribution in [0.15, 0.2) is 5.51 Å².